The Morgan fingerprint density at radius 1 is 0.720 bits per heavy atom. The van der Waals surface area contributed by atoms with Gasteiger partial charge in [-0.2, -0.15) is 0 Å². The summed E-state index contributed by atoms with van der Waals surface area (Å²) in [5.74, 6) is 2.74. The third-order valence-electron chi connectivity index (χ3n) is 5.87. The van der Waals surface area contributed by atoms with E-state index in [2.05, 4.69) is 15.3 Å². The molecule has 2 aliphatic carbocycles. The number of rotatable bonds is 3. The van der Waals surface area contributed by atoms with Crippen molar-refractivity contribution < 1.29 is 4.98 Å². The summed E-state index contributed by atoms with van der Waals surface area (Å²) < 4.78 is 0. The van der Waals surface area contributed by atoms with E-state index in [1.54, 1.807) is 0 Å². The Kier molecular flexibility index (Phi) is 7.31. The van der Waals surface area contributed by atoms with Gasteiger partial charge in [0.2, 0.25) is 5.82 Å². The molecule has 0 radical (unpaired) electrons. The van der Waals surface area contributed by atoms with Gasteiger partial charge in [0.25, 0.3) is 0 Å². The van der Waals surface area contributed by atoms with Crippen molar-refractivity contribution in [1.82, 2.24) is 9.97 Å². The van der Waals surface area contributed by atoms with Gasteiger partial charge in [-0.3, -0.25) is 0 Å². The van der Waals surface area contributed by atoms with Crippen LogP contribution in [0.15, 0.2) is 0 Å². The van der Waals surface area contributed by atoms with E-state index in [1.807, 2.05) is 0 Å². The fraction of sp³-hybridized carbons (Fsp3) is 0.850. The average molecular weight is 347 g/mol. The highest BCUT2D eigenvalue weighted by Crippen LogP contribution is 2.29. The summed E-state index contributed by atoms with van der Waals surface area (Å²) in [6, 6.07) is 0.508. The summed E-state index contributed by atoms with van der Waals surface area (Å²) in [7, 11) is 0. The smallest absolute Gasteiger partial charge is 0.320 e. The molecule has 25 heavy (non-hydrogen) atoms. The molecule has 0 saturated heterocycles. The molecule has 140 valence electrons. The van der Waals surface area contributed by atoms with Gasteiger partial charge in [0.05, 0.1) is 6.04 Å². The van der Waals surface area contributed by atoms with E-state index in [1.165, 1.54) is 96.3 Å². The second-order valence-electron chi connectivity index (χ2n) is 8.02. The second-order valence-corrected chi connectivity index (χ2v) is 8.02. The van der Waals surface area contributed by atoms with E-state index in [-0.39, 0.29) is 0 Å². The number of nitrogens with one attached hydrogen (secondary N) is 2. The van der Waals surface area contributed by atoms with Crippen LogP contribution in [0.3, 0.4) is 0 Å². The van der Waals surface area contributed by atoms with Crippen LogP contribution in [0, 0.1) is 0 Å². The van der Waals surface area contributed by atoms with Crippen molar-refractivity contribution in [2.24, 2.45) is 0 Å². The van der Waals surface area contributed by atoms with Crippen LogP contribution in [0.5, 0.6) is 0 Å². The molecule has 3 rings (SSSR count). The van der Waals surface area contributed by atoms with Crippen LogP contribution in [0.2, 0.25) is 0 Å². The number of hydrogen-bond acceptors (Lipinski definition) is 4. The maximum Gasteiger partial charge on any atom is 0.321 e. The minimum Gasteiger partial charge on any atom is -0.320 e. The molecule has 0 aliphatic heterocycles. The lowest BCUT2D eigenvalue weighted by molar-refractivity contribution is -0.352. The lowest BCUT2D eigenvalue weighted by atomic mass is 9.90. The molecule has 1 aromatic rings. The van der Waals surface area contributed by atoms with E-state index in [9.17, 15) is 0 Å². The monoisotopic (exact) mass is 346 g/mol. The van der Waals surface area contributed by atoms with Gasteiger partial charge in [0.1, 0.15) is 0 Å². The first-order chi connectivity index (χ1) is 12.3. The van der Waals surface area contributed by atoms with Crippen LogP contribution < -0.4 is 16.0 Å². The van der Waals surface area contributed by atoms with Gasteiger partial charge < -0.3 is 11.1 Å². The Bertz CT molecular complexity index is 501. The van der Waals surface area contributed by atoms with Crippen molar-refractivity contribution in [2.45, 2.75) is 108 Å². The summed E-state index contributed by atoms with van der Waals surface area (Å²) in [6.45, 7) is 0. The molecule has 0 atom stereocenters. The van der Waals surface area contributed by atoms with Crippen LogP contribution in [-0.4, -0.2) is 16.0 Å². The van der Waals surface area contributed by atoms with Crippen molar-refractivity contribution in [2.75, 3.05) is 11.1 Å². The Labute approximate surface area is 152 Å². The van der Waals surface area contributed by atoms with Crippen molar-refractivity contribution in [3.8, 4) is 0 Å². The predicted octanol–water partition coefficient (Wildman–Crippen LogP) is 4.62. The van der Waals surface area contributed by atoms with Crippen molar-refractivity contribution in [3.63, 3.8) is 0 Å². The number of nitrogen functional groups attached to an aromatic ring is 1. The molecule has 2 saturated carbocycles. The first kappa shape index (κ1) is 18.4. The number of anilines is 2. The molecule has 5 heteroatoms. The summed E-state index contributed by atoms with van der Waals surface area (Å²) in [5.41, 5.74) is 6.08. The highest BCUT2D eigenvalue weighted by molar-refractivity contribution is 5.23. The number of aromatic amines is 1. The Balaban J connectivity index is 1.67. The first-order valence-electron chi connectivity index (χ1n) is 10.6. The van der Waals surface area contributed by atoms with Crippen LogP contribution in [0.25, 0.3) is 0 Å². The molecule has 5 nitrogen and oxygen atoms in total. The van der Waals surface area contributed by atoms with Crippen LogP contribution in [0.1, 0.15) is 108 Å². The van der Waals surface area contributed by atoms with Crippen LogP contribution >= 0.6 is 0 Å². The maximum absolute atomic E-state index is 6.08. The third-order valence-corrected chi connectivity index (χ3v) is 5.87. The molecule has 0 spiro atoms. The first-order valence-corrected chi connectivity index (χ1v) is 10.6. The molecule has 0 bridgehead atoms. The Hall–Kier alpha value is -1.39. The fourth-order valence-electron chi connectivity index (χ4n) is 4.38. The van der Waals surface area contributed by atoms with Gasteiger partial charge in [-0.05, 0) is 25.7 Å². The minimum atomic E-state index is 0.471. The minimum absolute atomic E-state index is 0.471. The normalized spacial score (nSPS) is 22.2. The number of aromatic nitrogens is 3. The van der Waals surface area contributed by atoms with E-state index in [0.717, 1.165) is 11.8 Å². The highest BCUT2D eigenvalue weighted by atomic mass is 15.2. The van der Waals surface area contributed by atoms with E-state index in [0.29, 0.717) is 17.9 Å². The molecule has 1 heterocycles. The summed E-state index contributed by atoms with van der Waals surface area (Å²) in [5, 5.41) is 3.64. The molecular weight excluding hydrogens is 310 g/mol. The van der Waals surface area contributed by atoms with Crippen LogP contribution in [-0.2, 0) is 0 Å². The Morgan fingerprint density at radius 3 is 1.84 bits per heavy atom. The number of hydrogen-bond donors (Lipinski definition) is 2. The molecule has 0 amide bonds. The zero-order valence-corrected chi connectivity index (χ0v) is 15.7. The van der Waals surface area contributed by atoms with Gasteiger partial charge in [0, 0.05) is 5.92 Å². The number of H-pyrrole nitrogens is 1. The summed E-state index contributed by atoms with van der Waals surface area (Å²) in [6.07, 6.45) is 19.7. The highest BCUT2D eigenvalue weighted by Gasteiger charge is 2.23. The molecular formula is C20H36N5+. The lowest BCUT2D eigenvalue weighted by Gasteiger charge is -2.18. The van der Waals surface area contributed by atoms with Crippen molar-refractivity contribution in [3.05, 3.63) is 5.82 Å². The maximum atomic E-state index is 6.08. The third kappa shape index (κ3) is 6.12. The van der Waals surface area contributed by atoms with Gasteiger partial charge in [-0.25, -0.2) is 4.98 Å². The van der Waals surface area contributed by atoms with E-state index >= 15 is 0 Å². The quantitative estimate of drug-likeness (QED) is 0.837. The van der Waals surface area contributed by atoms with E-state index in [4.69, 9.17) is 10.7 Å². The summed E-state index contributed by atoms with van der Waals surface area (Å²) in [4.78, 5) is 12.5. The molecule has 1 aromatic heterocycles. The number of nitrogens with two attached hydrogens (primary N) is 1. The van der Waals surface area contributed by atoms with Crippen molar-refractivity contribution >= 4 is 11.9 Å². The van der Waals surface area contributed by atoms with Gasteiger partial charge >= 0.3 is 11.9 Å². The zero-order chi connectivity index (χ0) is 17.3. The van der Waals surface area contributed by atoms with E-state index < -0.39 is 0 Å². The molecule has 2 aliphatic rings. The van der Waals surface area contributed by atoms with Gasteiger partial charge in [-0.15, -0.1) is 9.97 Å². The van der Waals surface area contributed by atoms with Gasteiger partial charge in [0.15, 0.2) is 0 Å². The molecule has 4 N–H and O–H groups in total. The van der Waals surface area contributed by atoms with Gasteiger partial charge in [-0.1, -0.05) is 70.6 Å². The second kappa shape index (κ2) is 9.93. The summed E-state index contributed by atoms with van der Waals surface area (Å²) >= 11 is 0. The predicted molar refractivity (Wildman–Crippen MR) is 102 cm³/mol. The molecule has 0 unspecified atom stereocenters. The lowest BCUT2D eigenvalue weighted by Crippen LogP contribution is -2.29. The van der Waals surface area contributed by atoms with Crippen molar-refractivity contribution in [1.29, 1.82) is 0 Å². The molecule has 0 aromatic carbocycles. The SMILES string of the molecule is Nc1nc(C2CCCCCCC2)nc(NC2CCCCCCCC2)[nH+]1. The number of nitrogens with zero attached hydrogens (tertiary/aromatic N) is 2. The van der Waals surface area contributed by atoms with Crippen LogP contribution in [0.4, 0.5) is 11.9 Å². The standard InChI is InChI=1S/C20H35N5/c21-19-23-18(16-12-8-4-3-5-9-13-16)24-20(25-19)22-17-14-10-6-1-2-7-11-15-17/h16-17H,1-15H2,(H3,21,22,23,24,25)/p+1. The fourth-order valence-corrected chi connectivity index (χ4v) is 4.38. The molecule has 2 fully saturated rings. The average Bonchev–Trinajstić information content (AvgIpc) is 2.68. The topological polar surface area (TPSA) is 78.0 Å². The zero-order valence-electron chi connectivity index (χ0n) is 15.7. The largest absolute Gasteiger partial charge is 0.321 e. The Morgan fingerprint density at radius 2 is 1.24 bits per heavy atom.